The van der Waals surface area contributed by atoms with Gasteiger partial charge < -0.3 is 0 Å². The van der Waals surface area contributed by atoms with Crippen LogP contribution in [0.2, 0.25) is 0 Å². The second-order valence-corrected chi connectivity index (χ2v) is 10.5. The minimum absolute atomic E-state index is 0.142. The summed E-state index contributed by atoms with van der Waals surface area (Å²) in [6.07, 6.45) is 5.98. The Morgan fingerprint density at radius 1 is 0.676 bits per heavy atom. The van der Waals surface area contributed by atoms with Crippen molar-refractivity contribution in [3.05, 3.63) is 129 Å². The van der Waals surface area contributed by atoms with Gasteiger partial charge >= 0.3 is 0 Å². The zero-order chi connectivity index (χ0) is 23.7. The molecule has 0 saturated carbocycles. The van der Waals surface area contributed by atoms with Gasteiger partial charge in [-0.2, -0.15) is 0 Å². The van der Waals surface area contributed by atoms with E-state index in [1.165, 1.54) is 67.8 Å². The Bertz CT molecular complexity index is 1430. The minimum Gasteiger partial charge on any atom is -0.0654 e. The van der Waals surface area contributed by atoms with Gasteiger partial charge in [-0.3, -0.25) is 0 Å². The topological polar surface area (TPSA) is 0 Å². The van der Waals surface area contributed by atoms with Crippen LogP contribution in [-0.2, 0) is 11.8 Å². The summed E-state index contributed by atoms with van der Waals surface area (Å²) in [5, 5.41) is 2.63. The van der Waals surface area contributed by atoms with Crippen molar-refractivity contribution in [2.24, 2.45) is 0 Å². The van der Waals surface area contributed by atoms with Gasteiger partial charge in [0.05, 0.1) is 0 Å². The third-order valence-electron chi connectivity index (χ3n) is 7.03. The first-order valence-electron chi connectivity index (χ1n) is 12.6. The molecule has 0 bridgehead atoms. The van der Waals surface area contributed by atoms with E-state index in [1.54, 1.807) is 0 Å². The van der Waals surface area contributed by atoms with Crippen molar-refractivity contribution in [2.75, 3.05) is 0 Å². The molecule has 0 fully saturated rings. The molecule has 0 radical (unpaired) electrons. The first kappa shape index (κ1) is 22.4. The Labute approximate surface area is 204 Å². The quantitative estimate of drug-likeness (QED) is 0.266. The second kappa shape index (κ2) is 9.11. The summed E-state index contributed by atoms with van der Waals surface area (Å²) < 4.78 is 0. The second-order valence-electron chi connectivity index (χ2n) is 10.5. The maximum absolute atomic E-state index is 2.36. The standard InChI is InChI=1S/C34H34/c1-5-6-10-24-15-17-25(18-16-24)33(26-19-21-28(22-20-26)34(2,3)4)31-14-9-13-30-29-12-8-7-11-27(29)23-32(30)31/h7-9,11-23H,5-6,10H2,1-4H3. The predicted molar refractivity (Wildman–Crippen MR) is 147 cm³/mol. The monoisotopic (exact) mass is 442 g/mol. The van der Waals surface area contributed by atoms with Crippen LogP contribution in [-0.4, -0.2) is 0 Å². The van der Waals surface area contributed by atoms with Crippen LogP contribution in [0.3, 0.4) is 0 Å². The summed E-state index contributed by atoms with van der Waals surface area (Å²) in [6, 6.07) is 34.0. The van der Waals surface area contributed by atoms with Gasteiger partial charge in [0.2, 0.25) is 0 Å². The Kier molecular flexibility index (Phi) is 6.00. The number of hydrogen-bond donors (Lipinski definition) is 0. The van der Waals surface area contributed by atoms with E-state index in [9.17, 15) is 0 Å². The molecule has 1 aliphatic rings. The molecule has 34 heavy (non-hydrogen) atoms. The molecule has 0 aromatic heterocycles. The fourth-order valence-electron chi connectivity index (χ4n) is 5.03. The molecule has 1 aliphatic carbocycles. The molecule has 0 heterocycles. The van der Waals surface area contributed by atoms with E-state index in [2.05, 4.69) is 125 Å². The van der Waals surface area contributed by atoms with Crippen molar-refractivity contribution in [2.45, 2.75) is 52.4 Å². The molecule has 4 aromatic carbocycles. The van der Waals surface area contributed by atoms with Crippen LogP contribution in [0.1, 0.15) is 68.4 Å². The van der Waals surface area contributed by atoms with Crippen molar-refractivity contribution in [1.29, 1.82) is 0 Å². The maximum atomic E-state index is 2.36. The summed E-state index contributed by atoms with van der Waals surface area (Å²) in [4.78, 5) is 0. The van der Waals surface area contributed by atoms with E-state index in [-0.39, 0.29) is 5.41 Å². The first-order chi connectivity index (χ1) is 16.5. The van der Waals surface area contributed by atoms with Gasteiger partial charge in [0.15, 0.2) is 0 Å². The third kappa shape index (κ3) is 4.26. The lowest BCUT2D eigenvalue weighted by Gasteiger charge is -2.20. The molecule has 5 rings (SSSR count). The molecular formula is C34H34. The van der Waals surface area contributed by atoms with Gasteiger partial charge in [-0.15, -0.1) is 0 Å². The zero-order valence-corrected chi connectivity index (χ0v) is 20.9. The van der Waals surface area contributed by atoms with Gasteiger partial charge in [-0.25, -0.2) is 0 Å². The smallest absolute Gasteiger partial charge is 0.00326 e. The molecule has 4 aromatic rings. The van der Waals surface area contributed by atoms with Crippen LogP contribution in [0.4, 0.5) is 0 Å². The van der Waals surface area contributed by atoms with E-state index < -0.39 is 0 Å². The fraction of sp³-hybridized carbons (Fsp3) is 0.235. The first-order valence-corrected chi connectivity index (χ1v) is 12.6. The van der Waals surface area contributed by atoms with E-state index in [0.29, 0.717) is 0 Å². The van der Waals surface area contributed by atoms with Crippen LogP contribution >= 0.6 is 0 Å². The highest BCUT2D eigenvalue weighted by atomic mass is 14.2. The van der Waals surface area contributed by atoms with Gasteiger partial charge in [0.1, 0.15) is 0 Å². The van der Waals surface area contributed by atoms with Crippen molar-refractivity contribution < 1.29 is 0 Å². The average molecular weight is 443 g/mol. The van der Waals surface area contributed by atoms with E-state index >= 15 is 0 Å². The minimum atomic E-state index is 0.142. The SMILES string of the molecule is CCCCc1ccc(C(c2ccc(C(C)(C)C)cc2)=c2cccc3c2=Cc2ccccc2-3)cc1. The number of benzene rings is 4. The molecule has 170 valence electrons. The summed E-state index contributed by atoms with van der Waals surface area (Å²) in [7, 11) is 0. The summed E-state index contributed by atoms with van der Waals surface area (Å²) in [5.41, 5.74) is 10.8. The lowest BCUT2D eigenvalue weighted by atomic mass is 9.85. The Morgan fingerprint density at radius 2 is 1.32 bits per heavy atom. The molecule has 0 amide bonds. The number of unbranched alkanes of at least 4 members (excludes halogenated alkanes) is 1. The molecule has 0 aliphatic heterocycles. The van der Waals surface area contributed by atoms with Gasteiger partial charge in [0.25, 0.3) is 0 Å². The molecule has 0 heteroatoms. The molecule has 0 spiro atoms. The van der Waals surface area contributed by atoms with E-state index in [4.69, 9.17) is 0 Å². The zero-order valence-electron chi connectivity index (χ0n) is 20.9. The number of hydrogen-bond acceptors (Lipinski definition) is 0. The highest BCUT2D eigenvalue weighted by molar-refractivity contribution is 5.86. The Hall–Kier alpha value is -3.38. The molecule has 0 atom stereocenters. The van der Waals surface area contributed by atoms with E-state index in [0.717, 1.165) is 6.42 Å². The molecule has 0 nitrogen and oxygen atoms in total. The predicted octanol–water partition coefficient (Wildman–Crippen LogP) is 7.38. The van der Waals surface area contributed by atoms with Crippen LogP contribution in [0, 0.1) is 0 Å². The molecule has 0 unspecified atom stereocenters. The van der Waals surface area contributed by atoms with Crippen molar-refractivity contribution in [3.8, 4) is 11.1 Å². The average Bonchev–Trinajstić information content (AvgIpc) is 3.23. The maximum Gasteiger partial charge on any atom is -0.00326 e. The lowest BCUT2D eigenvalue weighted by molar-refractivity contribution is 0.590. The van der Waals surface area contributed by atoms with Gasteiger partial charge in [-0.1, -0.05) is 125 Å². The van der Waals surface area contributed by atoms with Crippen LogP contribution < -0.4 is 10.4 Å². The summed E-state index contributed by atoms with van der Waals surface area (Å²) in [6.45, 7) is 9.08. The van der Waals surface area contributed by atoms with E-state index in [1.807, 2.05) is 0 Å². The highest BCUT2D eigenvalue weighted by Crippen LogP contribution is 2.28. The summed E-state index contributed by atoms with van der Waals surface area (Å²) in [5.74, 6) is 0. The fourth-order valence-corrected chi connectivity index (χ4v) is 5.03. The molecule has 0 N–H and O–H groups in total. The van der Waals surface area contributed by atoms with Crippen LogP contribution in [0.25, 0.3) is 22.8 Å². The van der Waals surface area contributed by atoms with Crippen LogP contribution in [0.15, 0.2) is 91.0 Å². The summed E-state index contributed by atoms with van der Waals surface area (Å²) >= 11 is 0. The normalized spacial score (nSPS) is 13.2. The highest BCUT2D eigenvalue weighted by Gasteiger charge is 2.17. The van der Waals surface area contributed by atoms with Gasteiger partial charge in [0, 0.05) is 0 Å². The third-order valence-corrected chi connectivity index (χ3v) is 7.03. The van der Waals surface area contributed by atoms with Crippen molar-refractivity contribution in [3.63, 3.8) is 0 Å². The Morgan fingerprint density at radius 3 is 2.00 bits per heavy atom. The number of fused-ring (bicyclic) bond motifs is 3. The van der Waals surface area contributed by atoms with Gasteiger partial charge in [-0.05, 0) is 79.3 Å². The molecular weight excluding hydrogens is 408 g/mol. The Balaban J connectivity index is 1.75. The number of aryl methyl sites for hydroxylation is 1. The largest absolute Gasteiger partial charge is 0.0654 e. The van der Waals surface area contributed by atoms with Crippen molar-refractivity contribution in [1.82, 2.24) is 0 Å². The molecule has 0 saturated heterocycles. The van der Waals surface area contributed by atoms with Crippen molar-refractivity contribution >= 4 is 11.6 Å². The van der Waals surface area contributed by atoms with Crippen LogP contribution in [0.5, 0.6) is 0 Å². The number of rotatable bonds is 5. The lowest BCUT2D eigenvalue weighted by Crippen LogP contribution is -2.28.